The lowest BCUT2D eigenvalue weighted by Crippen LogP contribution is -1.82. The molecular weight excluding hydrogens is 180 g/mol. The van der Waals surface area contributed by atoms with E-state index in [1.165, 1.54) is 11.1 Å². The molecule has 1 aromatic heterocycles. The second kappa shape index (κ2) is 3.62. The van der Waals surface area contributed by atoms with Gasteiger partial charge in [0.15, 0.2) is 0 Å². The van der Waals surface area contributed by atoms with Crippen LogP contribution in [0.25, 0.3) is 11.1 Å². The van der Waals surface area contributed by atoms with Gasteiger partial charge in [-0.1, -0.05) is 30.3 Å². The molecule has 0 atom stereocenters. The summed E-state index contributed by atoms with van der Waals surface area (Å²) in [6, 6.07) is 10.3. The van der Waals surface area contributed by atoms with Crippen LogP contribution >= 0.6 is 11.3 Å². The molecular formula is C11H10OS. The number of benzene rings is 1. The molecule has 0 bridgehead atoms. The number of rotatable bonds is 2. The number of hydrogen-bond donors (Lipinski definition) is 0. The SMILES string of the molecule is COc1cscc1-c1ccccc1. The molecule has 0 amide bonds. The van der Waals surface area contributed by atoms with E-state index >= 15 is 0 Å². The molecule has 0 unspecified atom stereocenters. The molecule has 2 heteroatoms. The van der Waals surface area contributed by atoms with Gasteiger partial charge in [-0.25, -0.2) is 0 Å². The minimum atomic E-state index is 0.955. The smallest absolute Gasteiger partial charge is 0.137 e. The fraction of sp³-hybridized carbons (Fsp3) is 0.0909. The van der Waals surface area contributed by atoms with Gasteiger partial charge < -0.3 is 4.74 Å². The van der Waals surface area contributed by atoms with Crippen LogP contribution in [0.15, 0.2) is 41.1 Å². The van der Waals surface area contributed by atoms with E-state index in [0.717, 1.165) is 5.75 Å². The van der Waals surface area contributed by atoms with Crippen molar-refractivity contribution in [3.63, 3.8) is 0 Å². The topological polar surface area (TPSA) is 9.23 Å². The molecule has 0 saturated heterocycles. The van der Waals surface area contributed by atoms with Gasteiger partial charge in [0, 0.05) is 16.3 Å². The summed E-state index contributed by atoms with van der Waals surface area (Å²) in [6.45, 7) is 0. The van der Waals surface area contributed by atoms with Gasteiger partial charge in [-0.15, -0.1) is 11.3 Å². The lowest BCUT2D eigenvalue weighted by atomic mass is 10.1. The van der Waals surface area contributed by atoms with Crippen molar-refractivity contribution in [2.75, 3.05) is 7.11 Å². The van der Waals surface area contributed by atoms with Crippen LogP contribution in [0.5, 0.6) is 5.75 Å². The van der Waals surface area contributed by atoms with Crippen LogP contribution in [0.3, 0.4) is 0 Å². The van der Waals surface area contributed by atoms with Gasteiger partial charge in [-0.2, -0.15) is 0 Å². The minimum absolute atomic E-state index is 0.955. The van der Waals surface area contributed by atoms with E-state index in [1.807, 2.05) is 23.6 Å². The molecule has 2 rings (SSSR count). The molecule has 1 nitrogen and oxygen atoms in total. The first-order chi connectivity index (χ1) is 6.42. The van der Waals surface area contributed by atoms with E-state index < -0.39 is 0 Å². The lowest BCUT2D eigenvalue weighted by molar-refractivity contribution is 0.418. The van der Waals surface area contributed by atoms with Gasteiger partial charge in [0.1, 0.15) is 5.75 Å². The zero-order valence-electron chi connectivity index (χ0n) is 7.36. The van der Waals surface area contributed by atoms with Crippen LogP contribution in [0.1, 0.15) is 0 Å². The second-order valence-corrected chi connectivity index (χ2v) is 3.46. The Morgan fingerprint density at radius 1 is 1.08 bits per heavy atom. The van der Waals surface area contributed by atoms with Crippen LogP contribution in [-0.4, -0.2) is 7.11 Å². The van der Waals surface area contributed by atoms with E-state index in [0.29, 0.717) is 0 Å². The molecule has 0 aliphatic carbocycles. The predicted molar refractivity (Wildman–Crippen MR) is 56.3 cm³/mol. The highest BCUT2D eigenvalue weighted by atomic mass is 32.1. The largest absolute Gasteiger partial charge is 0.495 e. The van der Waals surface area contributed by atoms with Gasteiger partial charge in [0.2, 0.25) is 0 Å². The average molecular weight is 190 g/mol. The maximum absolute atomic E-state index is 5.25. The maximum Gasteiger partial charge on any atom is 0.137 e. The fourth-order valence-electron chi connectivity index (χ4n) is 1.27. The number of ether oxygens (including phenoxy) is 1. The molecule has 0 spiro atoms. The van der Waals surface area contributed by atoms with Gasteiger partial charge >= 0.3 is 0 Å². The summed E-state index contributed by atoms with van der Waals surface area (Å²) < 4.78 is 5.25. The first-order valence-electron chi connectivity index (χ1n) is 4.07. The third-order valence-corrected chi connectivity index (χ3v) is 2.65. The highest BCUT2D eigenvalue weighted by molar-refractivity contribution is 7.08. The monoisotopic (exact) mass is 190 g/mol. The maximum atomic E-state index is 5.25. The van der Waals surface area contributed by atoms with Crippen LogP contribution in [0.2, 0.25) is 0 Å². The number of methoxy groups -OCH3 is 1. The summed E-state index contributed by atoms with van der Waals surface area (Å²) in [4.78, 5) is 0. The fourth-order valence-corrected chi connectivity index (χ4v) is 2.07. The number of hydrogen-bond acceptors (Lipinski definition) is 2. The Morgan fingerprint density at radius 3 is 2.54 bits per heavy atom. The number of thiophene rings is 1. The molecule has 1 aromatic carbocycles. The molecule has 1 heterocycles. The van der Waals surface area contributed by atoms with Gasteiger partial charge in [0.25, 0.3) is 0 Å². The summed E-state index contributed by atoms with van der Waals surface area (Å²) >= 11 is 1.66. The van der Waals surface area contributed by atoms with E-state index in [1.54, 1.807) is 18.4 Å². The first kappa shape index (κ1) is 8.32. The molecule has 0 radical (unpaired) electrons. The zero-order valence-corrected chi connectivity index (χ0v) is 8.17. The Bertz CT molecular complexity index is 378. The third kappa shape index (κ3) is 1.58. The van der Waals surface area contributed by atoms with Crippen LogP contribution in [0, 0.1) is 0 Å². The standard InChI is InChI=1S/C11H10OS/c1-12-11-8-13-7-10(11)9-5-3-2-4-6-9/h2-8H,1H3. The molecule has 13 heavy (non-hydrogen) atoms. The van der Waals surface area contributed by atoms with Crippen LogP contribution in [0.4, 0.5) is 0 Å². The predicted octanol–water partition coefficient (Wildman–Crippen LogP) is 3.42. The van der Waals surface area contributed by atoms with E-state index in [2.05, 4.69) is 17.5 Å². The molecule has 2 aromatic rings. The van der Waals surface area contributed by atoms with Crippen molar-refractivity contribution >= 4 is 11.3 Å². The zero-order chi connectivity index (χ0) is 9.10. The summed E-state index contributed by atoms with van der Waals surface area (Å²) in [7, 11) is 1.70. The second-order valence-electron chi connectivity index (χ2n) is 2.72. The van der Waals surface area contributed by atoms with Crippen molar-refractivity contribution < 1.29 is 4.74 Å². The Kier molecular flexibility index (Phi) is 2.32. The summed E-state index contributed by atoms with van der Waals surface area (Å²) in [5, 5.41) is 4.12. The van der Waals surface area contributed by atoms with Crippen molar-refractivity contribution in [2.24, 2.45) is 0 Å². The third-order valence-electron chi connectivity index (χ3n) is 1.93. The van der Waals surface area contributed by atoms with E-state index in [4.69, 9.17) is 4.74 Å². The highest BCUT2D eigenvalue weighted by Gasteiger charge is 2.04. The van der Waals surface area contributed by atoms with Gasteiger partial charge in [0.05, 0.1) is 7.11 Å². The molecule has 0 aliphatic heterocycles. The van der Waals surface area contributed by atoms with E-state index in [-0.39, 0.29) is 0 Å². The highest BCUT2D eigenvalue weighted by Crippen LogP contribution is 2.32. The van der Waals surface area contributed by atoms with Crippen molar-refractivity contribution in [2.45, 2.75) is 0 Å². The molecule has 66 valence electrons. The summed E-state index contributed by atoms with van der Waals surface area (Å²) in [6.07, 6.45) is 0. The Labute approximate surface area is 81.6 Å². The van der Waals surface area contributed by atoms with Crippen LogP contribution < -0.4 is 4.74 Å². The summed E-state index contributed by atoms with van der Waals surface area (Å²) in [5.74, 6) is 0.955. The van der Waals surface area contributed by atoms with Crippen molar-refractivity contribution in [1.29, 1.82) is 0 Å². The first-order valence-corrected chi connectivity index (χ1v) is 5.01. The Balaban J connectivity index is 2.47. The van der Waals surface area contributed by atoms with Crippen molar-refractivity contribution in [1.82, 2.24) is 0 Å². The lowest BCUT2D eigenvalue weighted by Gasteiger charge is -2.01. The molecule has 0 aliphatic rings. The molecule has 0 fully saturated rings. The average Bonchev–Trinajstić information content (AvgIpc) is 2.67. The summed E-state index contributed by atoms with van der Waals surface area (Å²) in [5.41, 5.74) is 2.38. The minimum Gasteiger partial charge on any atom is -0.495 e. The van der Waals surface area contributed by atoms with Gasteiger partial charge in [-0.3, -0.25) is 0 Å². The van der Waals surface area contributed by atoms with Gasteiger partial charge in [-0.05, 0) is 5.56 Å². The Hall–Kier alpha value is -1.28. The Morgan fingerprint density at radius 2 is 1.85 bits per heavy atom. The molecule has 0 saturated carbocycles. The van der Waals surface area contributed by atoms with Crippen molar-refractivity contribution in [3.05, 3.63) is 41.1 Å². The quantitative estimate of drug-likeness (QED) is 0.705. The van der Waals surface area contributed by atoms with Crippen molar-refractivity contribution in [3.8, 4) is 16.9 Å². The van der Waals surface area contributed by atoms with Crippen LogP contribution in [-0.2, 0) is 0 Å². The van der Waals surface area contributed by atoms with E-state index in [9.17, 15) is 0 Å². The molecule has 0 N–H and O–H groups in total. The normalized spacial score (nSPS) is 9.92.